The molecule has 0 spiro atoms. The Balaban J connectivity index is 1.73. The van der Waals surface area contributed by atoms with Crippen LogP contribution in [0.5, 0.6) is 0 Å². The molecule has 1 heterocycles. The third kappa shape index (κ3) is 4.10. The van der Waals surface area contributed by atoms with Gasteiger partial charge >= 0.3 is 5.97 Å². The average Bonchev–Trinajstić information content (AvgIpc) is 3.09. The van der Waals surface area contributed by atoms with Gasteiger partial charge in [0.05, 0.1) is 29.9 Å². The molecule has 0 unspecified atom stereocenters. The minimum absolute atomic E-state index is 0.248. The monoisotopic (exact) mass is 377 g/mol. The maximum Gasteiger partial charge on any atom is 0.337 e. The molecule has 0 saturated heterocycles. The Morgan fingerprint density at radius 3 is 2.80 bits per heavy atom. The summed E-state index contributed by atoms with van der Waals surface area (Å²) in [4.78, 5) is 11.6. The lowest BCUT2D eigenvalue weighted by atomic mass is 10.2. The molecular formula is C17H13Cl2N3O3. The molecule has 0 radical (unpaired) electrons. The normalized spacial score (nSPS) is 10.5. The summed E-state index contributed by atoms with van der Waals surface area (Å²) in [5.74, 6) is 0.295. The Morgan fingerprint density at radius 1 is 1.20 bits per heavy atom. The molecule has 0 fully saturated rings. The van der Waals surface area contributed by atoms with Crippen molar-refractivity contribution in [3.63, 3.8) is 0 Å². The summed E-state index contributed by atoms with van der Waals surface area (Å²) < 4.78 is 10.3. The van der Waals surface area contributed by atoms with Gasteiger partial charge in [0.15, 0.2) is 0 Å². The van der Waals surface area contributed by atoms with Crippen molar-refractivity contribution in [3.8, 4) is 11.5 Å². The van der Waals surface area contributed by atoms with E-state index in [-0.39, 0.29) is 6.54 Å². The summed E-state index contributed by atoms with van der Waals surface area (Å²) in [5.41, 5.74) is 1.68. The first-order valence-corrected chi connectivity index (χ1v) is 8.02. The van der Waals surface area contributed by atoms with Crippen molar-refractivity contribution in [2.75, 3.05) is 12.4 Å². The number of aromatic nitrogens is 2. The lowest BCUT2D eigenvalue weighted by molar-refractivity contribution is 0.0601. The molecule has 1 aromatic heterocycles. The van der Waals surface area contributed by atoms with Gasteiger partial charge in [-0.25, -0.2) is 4.79 Å². The number of hydrogen-bond acceptors (Lipinski definition) is 6. The first-order valence-electron chi connectivity index (χ1n) is 7.27. The summed E-state index contributed by atoms with van der Waals surface area (Å²) in [7, 11) is 1.32. The Hall–Kier alpha value is -2.57. The number of rotatable bonds is 5. The second-order valence-corrected chi connectivity index (χ2v) is 5.89. The minimum Gasteiger partial charge on any atom is -0.465 e. The minimum atomic E-state index is -0.444. The molecule has 0 atom stereocenters. The van der Waals surface area contributed by atoms with Gasteiger partial charge < -0.3 is 14.5 Å². The second kappa shape index (κ2) is 7.55. The van der Waals surface area contributed by atoms with E-state index in [1.165, 1.54) is 7.11 Å². The number of hydrogen-bond donors (Lipinski definition) is 1. The van der Waals surface area contributed by atoms with E-state index < -0.39 is 5.97 Å². The van der Waals surface area contributed by atoms with Crippen LogP contribution in [0.2, 0.25) is 10.0 Å². The van der Waals surface area contributed by atoms with Gasteiger partial charge in [-0.1, -0.05) is 29.3 Å². The lowest BCUT2D eigenvalue weighted by Crippen LogP contribution is -2.04. The van der Waals surface area contributed by atoms with Gasteiger partial charge in [0, 0.05) is 10.6 Å². The van der Waals surface area contributed by atoms with Gasteiger partial charge in [0.25, 0.3) is 0 Å². The predicted molar refractivity (Wildman–Crippen MR) is 94.9 cm³/mol. The number of methoxy groups -OCH3 is 1. The van der Waals surface area contributed by atoms with E-state index in [2.05, 4.69) is 15.5 Å². The Morgan fingerprint density at radius 2 is 2.04 bits per heavy atom. The fraction of sp³-hybridized carbons (Fsp3) is 0.118. The van der Waals surface area contributed by atoms with Crippen LogP contribution in [0.1, 0.15) is 16.2 Å². The van der Waals surface area contributed by atoms with Crippen LogP contribution in [0.4, 0.5) is 5.69 Å². The van der Waals surface area contributed by atoms with Gasteiger partial charge in [-0.15, -0.1) is 10.2 Å². The molecule has 0 bridgehead atoms. The van der Waals surface area contributed by atoms with Crippen molar-refractivity contribution in [1.82, 2.24) is 10.2 Å². The Labute approximate surface area is 153 Å². The number of nitrogens with one attached hydrogen (secondary N) is 1. The molecule has 3 aromatic rings. The van der Waals surface area contributed by atoms with Gasteiger partial charge in [-0.05, 0) is 36.4 Å². The number of carbonyl (C=O) groups excluding carboxylic acids is 1. The molecule has 128 valence electrons. The number of anilines is 1. The number of nitrogens with zero attached hydrogens (tertiary/aromatic N) is 2. The highest BCUT2D eigenvalue weighted by atomic mass is 35.5. The first-order chi connectivity index (χ1) is 12.1. The maximum absolute atomic E-state index is 11.6. The van der Waals surface area contributed by atoms with Crippen molar-refractivity contribution in [2.45, 2.75) is 6.54 Å². The van der Waals surface area contributed by atoms with Crippen molar-refractivity contribution < 1.29 is 13.9 Å². The van der Waals surface area contributed by atoms with Crippen molar-refractivity contribution in [2.24, 2.45) is 0 Å². The second-order valence-electron chi connectivity index (χ2n) is 5.05. The highest BCUT2D eigenvalue weighted by molar-refractivity contribution is 6.33. The van der Waals surface area contributed by atoms with Crippen molar-refractivity contribution >= 4 is 34.9 Å². The third-order valence-electron chi connectivity index (χ3n) is 3.36. The van der Waals surface area contributed by atoms with E-state index in [1.807, 2.05) is 6.07 Å². The molecule has 0 aliphatic carbocycles. The zero-order valence-electron chi connectivity index (χ0n) is 13.1. The van der Waals surface area contributed by atoms with Crippen LogP contribution in [0.25, 0.3) is 11.5 Å². The van der Waals surface area contributed by atoms with Gasteiger partial charge in [-0.2, -0.15) is 0 Å². The zero-order chi connectivity index (χ0) is 17.8. The van der Waals surface area contributed by atoms with E-state index in [0.29, 0.717) is 33.1 Å². The zero-order valence-corrected chi connectivity index (χ0v) is 14.6. The molecule has 25 heavy (non-hydrogen) atoms. The average molecular weight is 378 g/mol. The summed E-state index contributed by atoms with van der Waals surface area (Å²) >= 11 is 12.1. The largest absolute Gasteiger partial charge is 0.465 e. The number of esters is 1. The van der Waals surface area contributed by atoms with Crippen molar-refractivity contribution in [1.29, 1.82) is 0 Å². The first kappa shape index (κ1) is 17.3. The van der Waals surface area contributed by atoms with Gasteiger partial charge in [0.1, 0.15) is 0 Å². The fourth-order valence-electron chi connectivity index (χ4n) is 2.14. The standard InChI is InChI=1S/C17H13Cl2N3O3/c1-24-17(23)11-5-6-13(19)14(8-11)20-9-15-21-22-16(25-15)10-3-2-4-12(18)7-10/h2-8,20H,9H2,1H3. The van der Waals surface area contributed by atoms with E-state index in [1.54, 1.807) is 36.4 Å². The quantitative estimate of drug-likeness (QED) is 0.662. The molecule has 0 aliphatic heterocycles. The van der Waals surface area contributed by atoms with E-state index in [0.717, 1.165) is 5.56 Å². The molecule has 0 amide bonds. The molecule has 6 nitrogen and oxygen atoms in total. The third-order valence-corrected chi connectivity index (χ3v) is 3.92. The highest BCUT2D eigenvalue weighted by Gasteiger charge is 2.12. The van der Waals surface area contributed by atoms with Crippen molar-refractivity contribution in [3.05, 3.63) is 64.0 Å². The molecule has 8 heteroatoms. The van der Waals surface area contributed by atoms with Crippen LogP contribution < -0.4 is 5.32 Å². The number of benzene rings is 2. The number of ether oxygens (including phenoxy) is 1. The van der Waals surface area contributed by atoms with Crippen LogP contribution in [0.3, 0.4) is 0 Å². The summed E-state index contributed by atoms with van der Waals surface area (Å²) in [6.07, 6.45) is 0. The molecule has 3 rings (SSSR count). The Bertz CT molecular complexity index is 912. The molecule has 0 aliphatic rings. The van der Waals surface area contributed by atoms with Gasteiger partial charge in [0.2, 0.25) is 11.8 Å². The molecular weight excluding hydrogens is 365 g/mol. The lowest BCUT2D eigenvalue weighted by Gasteiger charge is -2.08. The summed E-state index contributed by atoms with van der Waals surface area (Å²) in [6.45, 7) is 0.248. The van der Waals surface area contributed by atoms with Crippen LogP contribution in [-0.4, -0.2) is 23.3 Å². The predicted octanol–water partition coefficient (Wildman–Crippen LogP) is 4.44. The summed E-state index contributed by atoms with van der Waals surface area (Å²) in [5, 5.41) is 12.1. The SMILES string of the molecule is COC(=O)c1ccc(Cl)c(NCc2nnc(-c3cccc(Cl)c3)o2)c1. The maximum atomic E-state index is 11.6. The van der Waals surface area contributed by atoms with Crippen LogP contribution in [0.15, 0.2) is 46.9 Å². The number of carbonyl (C=O) groups is 1. The molecule has 2 aromatic carbocycles. The van der Waals surface area contributed by atoms with Crippen LogP contribution in [0, 0.1) is 0 Å². The van der Waals surface area contributed by atoms with Crippen LogP contribution in [-0.2, 0) is 11.3 Å². The Kier molecular flexibility index (Phi) is 5.21. The number of halogens is 2. The highest BCUT2D eigenvalue weighted by Crippen LogP contribution is 2.25. The molecule has 1 N–H and O–H groups in total. The van der Waals surface area contributed by atoms with E-state index in [4.69, 9.17) is 32.4 Å². The van der Waals surface area contributed by atoms with Crippen LogP contribution >= 0.6 is 23.2 Å². The fourth-order valence-corrected chi connectivity index (χ4v) is 2.51. The topological polar surface area (TPSA) is 77.2 Å². The smallest absolute Gasteiger partial charge is 0.337 e. The van der Waals surface area contributed by atoms with E-state index >= 15 is 0 Å². The molecule has 0 saturated carbocycles. The van der Waals surface area contributed by atoms with E-state index in [9.17, 15) is 4.79 Å². The summed E-state index contributed by atoms with van der Waals surface area (Å²) in [6, 6.07) is 11.9. The van der Waals surface area contributed by atoms with Gasteiger partial charge in [-0.3, -0.25) is 0 Å².